The van der Waals surface area contributed by atoms with Gasteiger partial charge in [0.25, 0.3) is 5.91 Å². The van der Waals surface area contributed by atoms with Crippen LogP contribution in [0.5, 0.6) is 0 Å². The van der Waals surface area contributed by atoms with Crippen LogP contribution in [0.25, 0.3) is 0 Å². The van der Waals surface area contributed by atoms with Crippen LogP contribution in [-0.2, 0) is 19.4 Å². The molecule has 3 heteroatoms. The standard InChI is InChI=1S/C12H14N2O/c15-11-9-5-8-6-12(1-2-12)7-10(8)14(9)4-3-13-11/h5H,1-4,6-7H2,(H,13,15). The first-order chi connectivity index (χ1) is 7.27. The number of amides is 1. The first kappa shape index (κ1) is 7.97. The van der Waals surface area contributed by atoms with E-state index in [0.717, 1.165) is 18.8 Å². The second-order valence-corrected chi connectivity index (χ2v) is 5.26. The molecule has 3 nitrogen and oxygen atoms in total. The molecule has 2 heterocycles. The molecule has 1 N–H and O–H groups in total. The fourth-order valence-electron chi connectivity index (χ4n) is 3.17. The van der Waals surface area contributed by atoms with Gasteiger partial charge in [-0.25, -0.2) is 0 Å². The molecule has 2 aliphatic carbocycles. The van der Waals surface area contributed by atoms with Crippen LogP contribution < -0.4 is 5.32 Å². The van der Waals surface area contributed by atoms with E-state index in [2.05, 4.69) is 16.0 Å². The predicted octanol–water partition coefficient (Wildman–Crippen LogP) is 1.11. The van der Waals surface area contributed by atoms with Crippen molar-refractivity contribution in [3.8, 4) is 0 Å². The van der Waals surface area contributed by atoms with E-state index < -0.39 is 0 Å². The van der Waals surface area contributed by atoms with Crippen molar-refractivity contribution >= 4 is 5.91 Å². The Labute approximate surface area is 88.5 Å². The molecule has 15 heavy (non-hydrogen) atoms. The number of rotatable bonds is 0. The van der Waals surface area contributed by atoms with Gasteiger partial charge in [0.1, 0.15) is 5.69 Å². The summed E-state index contributed by atoms with van der Waals surface area (Å²) in [5, 5.41) is 2.90. The lowest BCUT2D eigenvalue weighted by molar-refractivity contribution is 0.0927. The molecule has 1 amide bonds. The third-order valence-corrected chi connectivity index (χ3v) is 4.22. The Kier molecular flexibility index (Phi) is 1.21. The zero-order chi connectivity index (χ0) is 10.0. The largest absolute Gasteiger partial charge is 0.349 e. The Hall–Kier alpha value is -1.25. The lowest BCUT2D eigenvalue weighted by atomic mass is 10.0. The SMILES string of the molecule is O=C1NCCn2c1cc1c2CC2(CC2)C1. The smallest absolute Gasteiger partial charge is 0.267 e. The van der Waals surface area contributed by atoms with Gasteiger partial charge in [0, 0.05) is 18.8 Å². The van der Waals surface area contributed by atoms with Gasteiger partial charge in [-0.2, -0.15) is 0 Å². The van der Waals surface area contributed by atoms with Gasteiger partial charge in [0.05, 0.1) is 0 Å². The molecular formula is C12H14N2O. The summed E-state index contributed by atoms with van der Waals surface area (Å²) in [6, 6.07) is 2.12. The molecule has 1 aromatic rings. The van der Waals surface area contributed by atoms with Gasteiger partial charge in [-0.15, -0.1) is 0 Å². The minimum absolute atomic E-state index is 0.112. The molecule has 1 aliphatic heterocycles. The van der Waals surface area contributed by atoms with Gasteiger partial charge in [0.15, 0.2) is 0 Å². The van der Waals surface area contributed by atoms with Crippen LogP contribution in [-0.4, -0.2) is 17.0 Å². The van der Waals surface area contributed by atoms with E-state index in [-0.39, 0.29) is 5.91 Å². The van der Waals surface area contributed by atoms with Crippen LogP contribution in [0.4, 0.5) is 0 Å². The Bertz CT molecular complexity index is 468. The molecule has 1 aromatic heterocycles. The van der Waals surface area contributed by atoms with Crippen molar-refractivity contribution < 1.29 is 4.79 Å². The van der Waals surface area contributed by atoms with E-state index in [1.54, 1.807) is 0 Å². The average Bonchev–Trinajstić information content (AvgIpc) is 2.72. The van der Waals surface area contributed by atoms with Crippen molar-refractivity contribution in [2.24, 2.45) is 5.41 Å². The molecular weight excluding hydrogens is 188 g/mol. The Morgan fingerprint density at radius 1 is 1.33 bits per heavy atom. The molecule has 0 radical (unpaired) electrons. The Morgan fingerprint density at radius 2 is 2.20 bits per heavy atom. The summed E-state index contributed by atoms with van der Waals surface area (Å²) in [6.07, 6.45) is 5.22. The van der Waals surface area contributed by atoms with Crippen LogP contribution in [0.2, 0.25) is 0 Å². The summed E-state index contributed by atoms with van der Waals surface area (Å²) in [5.41, 5.74) is 4.42. The zero-order valence-electron chi connectivity index (χ0n) is 8.68. The fraction of sp³-hybridized carbons (Fsp3) is 0.583. The Morgan fingerprint density at radius 3 is 3.00 bits per heavy atom. The number of carbonyl (C=O) groups excluding carboxylic acids is 1. The van der Waals surface area contributed by atoms with E-state index in [4.69, 9.17) is 0 Å². The minimum Gasteiger partial charge on any atom is -0.349 e. The second-order valence-electron chi connectivity index (χ2n) is 5.26. The van der Waals surface area contributed by atoms with E-state index >= 15 is 0 Å². The van der Waals surface area contributed by atoms with Crippen LogP contribution in [0.3, 0.4) is 0 Å². The monoisotopic (exact) mass is 202 g/mol. The number of hydrogen-bond donors (Lipinski definition) is 1. The molecule has 0 saturated heterocycles. The van der Waals surface area contributed by atoms with Gasteiger partial charge < -0.3 is 9.88 Å². The van der Waals surface area contributed by atoms with Crippen molar-refractivity contribution in [1.82, 2.24) is 9.88 Å². The topological polar surface area (TPSA) is 34.0 Å². The van der Waals surface area contributed by atoms with Crippen molar-refractivity contribution in [3.63, 3.8) is 0 Å². The molecule has 1 saturated carbocycles. The highest BCUT2D eigenvalue weighted by molar-refractivity contribution is 5.94. The van der Waals surface area contributed by atoms with E-state index in [1.807, 2.05) is 0 Å². The molecule has 1 spiro atoms. The van der Waals surface area contributed by atoms with Gasteiger partial charge in [-0.3, -0.25) is 4.79 Å². The number of nitrogens with zero attached hydrogens (tertiary/aromatic N) is 1. The van der Waals surface area contributed by atoms with Crippen LogP contribution in [0.1, 0.15) is 34.6 Å². The third-order valence-electron chi connectivity index (χ3n) is 4.22. The van der Waals surface area contributed by atoms with Gasteiger partial charge in [-0.05, 0) is 42.7 Å². The van der Waals surface area contributed by atoms with Crippen molar-refractivity contribution in [2.45, 2.75) is 32.2 Å². The van der Waals surface area contributed by atoms with E-state index in [0.29, 0.717) is 5.41 Å². The molecule has 0 atom stereocenters. The van der Waals surface area contributed by atoms with E-state index in [1.165, 1.54) is 36.9 Å². The van der Waals surface area contributed by atoms with Crippen molar-refractivity contribution in [2.75, 3.05) is 6.54 Å². The lowest BCUT2D eigenvalue weighted by Crippen LogP contribution is -2.35. The highest BCUT2D eigenvalue weighted by Crippen LogP contribution is 2.56. The Balaban J connectivity index is 1.85. The maximum absolute atomic E-state index is 11.6. The molecule has 1 fully saturated rings. The maximum atomic E-state index is 11.6. The van der Waals surface area contributed by atoms with Crippen molar-refractivity contribution in [3.05, 3.63) is 23.0 Å². The number of hydrogen-bond acceptors (Lipinski definition) is 1. The molecule has 3 aliphatic rings. The lowest BCUT2D eigenvalue weighted by Gasteiger charge is -2.18. The molecule has 78 valence electrons. The molecule has 0 unspecified atom stereocenters. The number of carbonyl (C=O) groups is 1. The summed E-state index contributed by atoms with van der Waals surface area (Å²) in [6.45, 7) is 1.76. The van der Waals surface area contributed by atoms with Crippen LogP contribution >= 0.6 is 0 Å². The fourth-order valence-corrected chi connectivity index (χ4v) is 3.17. The number of fused-ring (bicyclic) bond motifs is 3. The quantitative estimate of drug-likeness (QED) is 0.672. The van der Waals surface area contributed by atoms with Crippen LogP contribution in [0, 0.1) is 5.41 Å². The van der Waals surface area contributed by atoms with Gasteiger partial charge in [0.2, 0.25) is 0 Å². The molecule has 0 bridgehead atoms. The minimum atomic E-state index is 0.112. The summed E-state index contributed by atoms with van der Waals surface area (Å²) in [5.74, 6) is 0.112. The second kappa shape index (κ2) is 2.29. The average molecular weight is 202 g/mol. The summed E-state index contributed by atoms with van der Waals surface area (Å²) >= 11 is 0. The number of nitrogens with one attached hydrogen (secondary N) is 1. The maximum Gasteiger partial charge on any atom is 0.267 e. The van der Waals surface area contributed by atoms with Crippen LogP contribution in [0.15, 0.2) is 6.07 Å². The summed E-state index contributed by atoms with van der Waals surface area (Å²) in [4.78, 5) is 11.6. The zero-order valence-corrected chi connectivity index (χ0v) is 8.68. The predicted molar refractivity (Wildman–Crippen MR) is 55.8 cm³/mol. The molecule has 4 rings (SSSR count). The first-order valence-corrected chi connectivity index (χ1v) is 5.77. The summed E-state index contributed by atoms with van der Waals surface area (Å²) in [7, 11) is 0. The van der Waals surface area contributed by atoms with E-state index in [9.17, 15) is 4.79 Å². The van der Waals surface area contributed by atoms with Gasteiger partial charge in [-0.1, -0.05) is 0 Å². The number of aromatic nitrogens is 1. The molecule has 0 aromatic carbocycles. The highest BCUT2D eigenvalue weighted by atomic mass is 16.2. The van der Waals surface area contributed by atoms with Gasteiger partial charge >= 0.3 is 0 Å². The summed E-state index contributed by atoms with van der Waals surface area (Å²) < 4.78 is 2.25. The van der Waals surface area contributed by atoms with Crippen molar-refractivity contribution in [1.29, 1.82) is 0 Å². The normalized spacial score (nSPS) is 24.9. The highest BCUT2D eigenvalue weighted by Gasteiger charge is 2.48. The third kappa shape index (κ3) is 0.933. The first-order valence-electron chi connectivity index (χ1n) is 5.77.